The molecule has 0 bridgehead atoms. The molecule has 1 aromatic heterocycles. The van der Waals surface area contributed by atoms with Gasteiger partial charge in [-0.15, -0.1) is 21.5 Å². The molecule has 0 saturated heterocycles. The van der Waals surface area contributed by atoms with Crippen LogP contribution < -0.4 is 5.32 Å². The number of hydrogen-bond donors (Lipinski definition) is 1. The van der Waals surface area contributed by atoms with Gasteiger partial charge < -0.3 is 5.32 Å². The van der Waals surface area contributed by atoms with E-state index in [0.29, 0.717) is 5.57 Å². The van der Waals surface area contributed by atoms with Crippen LogP contribution in [0.25, 0.3) is 11.6 Å². The molecular formula is C11H7N3OS. The highest BCUT2D eigenvalue weighted by atomic mass is 32.1. The van der Waals surface area contributed by atoms with E-state index in [1.54, 1.807) is 11.6 Å². The summed E-state index contributed by atoms with van der Waals surface area (Å²) in [5.74, 6) is -0.0867. The minimum Gasteiger partial charge on any atom is -0.321 e. The smallest absolute Gasteiger partial charge is 0.256 e. The van der Waals surface area contributed by atoms with Crippen LogP contribution in [0, 0.1) is 0 Å². The maximum atomic E-state index is 11.7. The second-order valence-electron chi connectivity index (χ2n) is 3.33. The molecule has 0 spiro atoms. The van der Waals surface area contributed by atoms with Crippen molar-refractivity contribution < 1.29 is 4.79 Å². The summed E-state index contributed by atoms with van der Waals surface area (Å²) in [6.45, 7) is 0. The fourth-order valence-corrected chi connectivity index (χ4v) is 2.13. The highest BCUT2D eigenvalue weighted by Gasteiger charge is 2.23. The first-order valence-corrected chi connectivity index (χ1v) is 5.61. The van der Waals surface area contributed by atoms with E-state index < -0.39 is 0 Å². The van der Waals surface area contributed by atoms with Crippen molar-refractivity contribution >= 4 is 34.6 Å². The molecule has 5 heteroatoms. The van der Waals surface area contributed by atoms with Crippen molar-refractivity contribution in [1.82, 2.24) is 10.2 Å². The predicted octanol–water partition coefficient (Wildman–Crippen LogP) is 2.03. The number of aromatic nitrogens is 2. The van der Waals surface area contributed by atoms with Crippen LogP contribution in [0.1, 0.15) is 10.6 Å². The van der Waals surface area contributed by atoms with E-state index in [2.05, 4.69) is 15.5 Å². The predicted molar refractivity (Wildman–Crippen MR) is 62.9 cm³/mol. The Bertz CT molecular complexity index is 575. The van der Waals surface area contributed by atoms with Crippen LogP contribution >= 0.6 is 11.3 Å². The maximum Gasteiger partial charge on any atom is 0.256 e. The van der Waals surface area contributed by atoms with Gasteiger partial charge in [-0.2, -0.15) is 0 Å². The number of nitrogens with zero attached hydrogens (tertiary/aromatic N) is 2. The van der Waals surface area contributed by atoms with Gasteiger partial charge in [0.2, 0.25) is 0 Å². The van der Waals surface area contributed by atoms with E-state index in [1.807, 2.05) is 24.3 Å². The second kappa shape index (κ2) is 3.53. The van der Waals surface area contributed by atoms with Gasteiger partial charge in [-0.1, -0.05) is 18.2 Å². The first-order chi connectivity index (χ1) is 7.84. The number of anilines is 1. The van der Waals surface area contributed by atoms with Crippen LogP contribution in [0.4, 0.5) is 5.69 Å². The van der Waals surface area contributed by atoms with Crippen LogP contribution in [0.3, 0.4) is 0 Å². The lowest BCUT2D eigenvalue weighted by Gasteiger charge is -1.94. The molecule has 1 aromatic carbocycles. The van der Waals surface area contributed by atoms with Crippen LogP contribution in [0.5, 0.6) is 0 Å². The Morgan fingerprint density at radius 2 is 2.19 bits per heavy atom. The fourth-order valence-electron chi connectivity index (χ4n) is 1.65. The van der Waals surface area contributed by atoms with Crippen LogP contribution in [0.15, 0.2) is 29.8 Å². The summed E-state index contributed by atoms with van der Waals surface area (Å²) >= 11 is 1.41. The average Bonchev–Trinajstić information content (AvgIpc) is 2.89. The summed E-state index contributed by atoms with van der Waals surface area (Å²) in [5, 5.41) is 11.2. The molecule has 1 aliphatic rings. The lowest BCUT2D eigenvalue weighted by Crippen LogP contribution is -2.03. The second-order valence-corrected chi connectivity index (χ2v) is 4.20. The highest BCUT2D eigenvalue weighted by Crippen LogP contribution is 2.32. The summed E-state index contributed by atoms with van der Waals surface area (Å²) in [5.41, 5.74) is 4.06. The van der Waals surface area contributed by atoms with Gasteiger partial charge in [0.1, 0.15) is 10.5 Å². The number of benzene rings is 1. The van der Waals surface area contributed by atoms with Gasteiger partial charge in [0.15, 0.2) is 0 Å². The SMILES string of the molecule is O=C1Nc2ccccc2C1=Cc1nncs1. The van der Waals surface area contributed by atoms with Gasteiger partial charge in [-0.25, -0.2) is 0 Å². The molecule has 1 N–H and O–H groups in total. The van der Waals surface area contributed by atoms with E-state index in [4.69, 9.17) is 0 Å². The van der Waals surface area contributed by atoms with E-state index >= 15 is 0 Å². The topological polar surface area (TPSA) is 54.9 Å². The Morgan fingerprint density at radius 3 is 3.00 bits per heavy atom. The zero-order valence-electron chi connectivity index (χ0n) is 8.18. The Hall–Kier alpha value is -2.01. The van der Waals surface area contributed by atoms with Crippen molar-refractivity contribution in [3.63, 3.8) is 0 Å². The number of para-hydroxylation sites is 1. The Labute approximate surface area is 95.6 Å². The number of nitrogens with one attached hydrogen (secondary N) is 1. The Morgan fingerprint density at radius 1 is 1.31 bits per heavy atom. The molecule has 1 amide bonds. The van der Waals surface area contributed by atoms with Crippen LogP contribution in [-0.2, 0) is 4.79 Å². The number of carbonyl (C=O) groups is 1. The van der Waals surface area contributed by atoms with Crippen molar-refractivity contribution in [3.05, 3.63) is 40.3 Å². The maximum absolute atomic E-state index is 11.7. The van der Waals surface area contributed by atoms with Crippen molar-refractivity contribution in [2.45, 2.75) is 0 Å². The third-order valence-electron chi connectivity index (χ3n) is 2.35. The molecule has 16 heavy (non-hydrogen) atoms. The number of amides is 1. The molecule has 3 rings (SSSR count). The lowest BCUT2D eigenvalue weighted by molar-refractivity contribution is -0.110. The normalized spacial score (nSPS) is 16.2. The molecule has 1 aliphatic heterocycles. The Kier molecular flexibility index (Phi) is 2.04. The van der Waals surface area contributed by atoms with Gasteiger partial charge >= 0.3 is 0 Å². The molecule has 4 nitrogen and oxygen atoms in total. The van der Waals surface area contributed by atoms with E-state index in [1.165, 1.54) is 11.3 Å². The summed E-state index contributed by atoms with van der Waals surface area (Å²) in [6.07, 6.45) is 1.76. The lowest BCUT2D eigenvalue weighted by atomic mass is 10.1. The fraction of sp³-hybridized carbons (Fsp3) is 0. The summed E-state index contributed by atoms with van der Waals surface area (Å²) in [6, 6.07) is 7.61. The number of fused-ring (bicyclic) bond motifs is 1. The average molecular weight is 229 g/mol. The quantitative estimate of drug-likeness (QED) is 0.761. The molecule has 2 aromatic rings. The van der Waals surface area contributed by atoms with Gasteiger partial charge in [0.05, 0.1) is 5.57 Å². The van der Waals surface area contributed by atoms with E-state index in [0.717, 1.165) is 16.3 Å². The molecule has 0 unspecified atom stereocenters. The van der Waals surface area contributed by atoms with Crippen molar-refractivity contribution in [3.8, 4) is 0 Å². The monoisotopic (exact) mass is 229 g/mol. The number of carbonyl (C=O) groups excluding carboxylic acids is 1. The molecule has 78 valence electrons. The van der Waals surface area contributed by atoms with Gasteiger partial charge in [0.25, 0.3) is 5.91 Å². The summed E-state index contributed by atoms with van der Waals surface area (Å²) in [7, 11) is 0. The Balaban J connectivity index is 2.12. The van der Waals surface area contributed by atoms with E-state index in [-0.39, 0.29) is 5.91 Å². The molecule has 0 radical (unpaired) electrons. The highest BCUT2D eigenvalue weighted by molar-refractivity contribution is 7.10. The first kappa shape index (κ1) is 9.23. The third kappa shape index (κ3) is 1.42. The van der Waals surface area contributed by atoms with Crippen LogP contribution in [0.2, 0.25) is 0 Å². The standard InChI is InChI=1S/C11H7N3OS/c15-11-8(5-10-14-12-6-16-10)7-3-1-2-4-9(7)13-11/h1-6H,(H,13,15). The van der Waals surface area contributed by atoms with Gasteiger partial charge in [-0.3, -0.25) is 4.79 Å². The van der Waals surface area contributed by atoms with Crippen molar-refractivity contribution in [2.24, 2.45) is 0 Å². The summed E-state index contributed by atoms with van der Waals surface area (Å²) < 4.78 is 0. The number of rotatable bonds is 1. The molecule has 0 atom stereocenters. The molecule has 0 fully saturated rings. The summed E-state index contributed by atoms with van der Waals surface area (Å²) in [4.78, 5) is 11.7. The zero-order chi connectivity index (χ0) is 11.0. The minimum absolute atomic E-state index is 0.0867. The number of hydrogen-bond acceptors (Lipinski definition) is 4. The molecule has 2 heterocycles. The van der Waals surface area contributed by atoms with E-state index in [9.17, 15) is 4.79 Å². The van der Waals surface area contributed by atoms with Crippen LogP contribution in [-0.4, -0.2) is 16.1 Å². The third-order valence-corrected chi connectivity index (χ3v) is 3.00. The van der Waals surface area contributed by atoms with Crippen molar-refractivity contribution in [1.29, 1.82) is 0 Å². The zero-order valence-corrected chi connectivity index (χ0v) is 8.99. The van der Waals surface area contributed by atoms with Gasteiger partial charge in [0, 0.05) is 11.3 Å². The van der Waals surface area contributed by atoms with Gasteiger partial charge in [-0.05, 0) is 12.1 Å². The first-order valence-electron chi connectivity index (χ1n) is 4.73. The largest absolute Gasteiger partial charge is 0.321 e. The molecule has 0 saturated carbocycles. The van der Waals surface area contributed by atoms with Crippen molar-refractivity contribution in [2.75, 3.05) is 5.32 Å². The molecule has 0 aliphatic carbocycles. The molecular weight excluding hydrogens is 222 g/mol. The minimum atomic E-state index is -0.0867.